The third-order valence-electron chi connectivity index (χ3n) is 3.77. The minimum atomic E-state index is -0.260. The van der Waals surface area contributed by atoms with Gasteiger partial charge >= 0.3 is 0 Å². The first kappa shape index (κ1) is 15.7. The Kier molecular flexibility index (Phi) is 4.11. The van der Waals surface area contributed by atoms with Crippen LogP contribution in [0.1, 0.15) is 16.5 Å². The number of aromatic nitrogens is 3. The number of hydrogen-bond donors (Lipinski definition) is 0. The molecule has 0 bridgehead atoms. The quantitative estimate of drug-likeness (QED) is 0.525. The average Bonchev–Trinajstić information content (AvgIpc) is 3.26. The first-order chi connectivity index (χ1) is 12.2. The lowest BCUT2D eigenvalue weighted by Gasteiger charge is -1.99. The number of aryl methyl sites for hydroxylation is 1. The monoisotopic (exact) mass is 351 g/mol. The van der Waals surface area contributed by atoms with Crippen LogP contribution in [0.3, 0.4) is 0 Å². The van der Waals surface area contributed by atoms with Gasteiger partial charge in [0.05, 0.1) is 17.1 Å². The van der Waals surface area contributed by atoms with Crippen molar-refractivity contribution in [3.8, 4) is 22.6 Å². The van der Waals surface area contributed by atoms with Crippen molar-refractivity contribution in [2.24, 2.45) is 0 Å². The van der Waals surface area contributed by atoms with Crippen molar-refractivity contribution >= 4 is 11.3 Å². The highest BCUT2D eigenvalue weighted by atomic mass is 32.1. The molecule has 0 saturated heterocycles. The van der Waals surface area contributed by atoms with Crippen LogP contribution in [0.5, 0.6) is 0 Å². The maximum Gasteiger partial charge on any atom is 0.231 e. The summed E-state index contributed by atoms with van der Waals surface area (Å²) in [7, 11) is 0. The molecular weight excluding hydrogens is 337 g/mol. The molecular formula is C19H14FN3OS. The van der Waals surface area contributed by atoms with Crippen LogP contribution in [-0.4, -0.2) is 15.1 Å². The molecule has 25 heavy (non-hydrogen) atoms. The molecule has 0 aliphatic carbocycles. The lowest BCUT2D eigenvalue weighted by atomic mass is 10.1. The van der Waals surface area contributed by atoms with Gasteiger partial charge in [-0.05, 0) is 30.7 Å². The van der Waals surface area contributed by atoms with Crippen LogP contribution in [0.4, 0.5) is 4.39 Å². The van der Waals surface area contributed by atoms with E-state index in [2.05, 4.69) is 15.1 Å². The molecule has 0 saturated carbocycles. The molecule has 0 N–H and O–H groups in total. The molecule has 0 fully saturated rings. The number of halogens is 1. The van der Waals surface area contributed by atoms with Crippen molar-refractivity contribution in [1.82, 2.24) is 15.1 Å². The highest BCUT2D eigenvalue weighted by Crippen LogP contribution is 2.26. The summed E-state index contributed by atoms with van der Waals surface area (Å²) in [6.45, 7) is 1.99. The Morgan fingerprint density at radius 2 is 1.84 bits per heavy atom. The van der Waals surface area contributed by atoms with Crippen molar-refractivity contribution < 1.29 is 8.91 Å². The van der Waals surface area contributed by atoms with E-state index in [0.717, 1.165) is 27.4 Å². The molecule has 6 heteroatoms. The van der Waals surface area contributed by atoms with Gasteiger partial charge in [0.25, 0.3) is 0 Å². The minimum absolute atomic E-state index is 0.260. The fourth-order valence-electron chi connectivity index (χ4n) is 2.53. The lowest BCUT2D eigenvalue weighted by molar-refractivity contribution is 0.385. The summed E-state index contributed by atoms with van der Waals surface area (Å²) in [5.41, 5.74) is 3.76. The molecule has 0 atom stereocenters. The first-order valence-electron chi connectivity index (χ1n) is 7.77. The Morgan fingerprint density at radius 3 is 2.60 bits per heavy atom. The molecule has 0 aliphatic rings. The summed E-state index contributed by atoms with van der Waals surface area (Å²) < 4.78 is 18.3. The van der Waals surface area contributed by atoms with Gasteiger partial charge in [-0.25, -0.2) is 9.37 Å². The summed E-state index contributed by atoms with van der Waals surface area (Å²) in [6.07, 6.45) is 0.470. The molecule has 4 aromatic rings. The van der Waals surface area contributed by atoms with Crippen LogP contribution < -0.4 is 0 Å². The van der Waals surface area contributed by atoms with E-state index in [1.165, 1.54) is 12.1 Å². The SMILES string of the molecule is Cc1nc(-c2cccc(-c3noc(Cc4ccc(F)cc4)n3)c2)cs1. The molecule has 2 aromatic carbocycles. The van der Waals surface area contributed by atoms with Gasteiger partial charge in [-0.15, -0.1) is 11.3 Å². The molecule has 124 valence electrons. The van der Waals surface area contributed by atoms with Crippen LogP contribution in [0, 0.1) is 12.7 Å². The summed E-state index contributed by atoms with van der Waals surface area (Å²) >= 11 is 1.62. The van der Waals surface area contributed by atoms with E-state index in [1.807, 2.05) is 36.6 Å². The van der Waals surface area contributed by atoms with Gasteiger partial charge in [-0.3, -0.25) is 0 Å². The highest BCUT2D eigenvalue weighted by Gasteiger charge is 2.11. The Labute approximate surface area is 148 Å². The molecule has 0 aliphatic heterocycles. The number of thiazole rings is 1. The van der Waals surface area contributed by atoms with Gasteiger partial charge < -0.3 is 4.52 Å². The van der Waals surface area contributed by atoms with Gasteiger partial charge in [-0.2, -0.15) is 4.98 Å². The number of rotatable bonds is 4. The van der Waals surface area contributed by atoms with Crippen LogP contribution in [-0.2, 0) is 6.42 Å². The van der Waals surface area contributed by atoms with E-state index in [9.17, 15) is 4.39 Å². The predicted octanol–water partition coefficient (Wildman–Crippen LogP) is 4.90. The van der Waals surface area contributed by atoms with E-state index >= 15 is 0 Å². The normalized spacial score (nSPS) is 11.0. The number of hydrogen-bond acceptors (Lipinski definition) is 5. The van der Waals surface area contributed by atoms with Gasteiger partial charge in [-0.1, -0.05) is 35.5 Å². The zero-order valence-corrected chi connectivity index (χ0v) is 14.3. The van der Waals surface area contributed by atoms with Crippen LogP contribution in [0.2, 0.25) is 0 Å². The Bertz CT molecular complexity index is 1010. The fourth-order valence-corrected chi connectivity index (χ4v) is 3.16. The van der Waals surface area contributed by atoms with E-state index in [0.29, 0.717) is 18.1 Å². The first-order valence-corrected chi connectivity index (χ1v) is 8.65. The Hall–Kier alpha value is -2.86. The molecule has 0 spiro atoms. The number of nitrogens with zero attached hydrogens (tertiary/aromatic N) is 3. The van der Waals surface area contributed by atoms with E-state index in [4.69, 9.17) is 4.52 Å². The maximum absolute atomic E-state index is 13.0. The third kappa shape index (κ3) is 3.49. The summed E-state index contributed by atoms with van der Waals surface area (Å²) in [6, 6.07) is 14.2. The Balaban J connectivity index is 1.58. The maximum atomic E-state index is 13.0. The van der Waals surface area contributed by atoms with Crippen molar-refractivity contribution in [1.29, 1.82) is 0 Å². The predicted molar refractivity (Wildman–Crippen MR) is 94.8 cm³/mol. The van der Waals surface area contributed by atoms with E-state index in [-0.39, 0.29) is 5.82 Å². The summed E-state index contributed by atoms with van der Waals surface area (Å²) in [5, 5.41) is 7.12. The largest absolute Gasteiger partial charge is 0.339 e. The molecule has 4 nitrogen and oxygen atoms in total. The van der Waals surface area contributed by atoms with Crippen molar-refractivity contribution in [3.05, 3.63) is 76.2 Å². The molecule has 0 radical (unpaired) electrons. The van der Waals surface area contributed by atoms with E-state index in [1.54, 1.807) is 23.5 Å². The smallest absolute Gasteiger partial charge is 0.231 e. The second kappa shape index (κ2) is 6.57. The third-order valence-corrected chi connectivity index (χ3v) is 4.55. The molecule has 0 amide bonds. The standard InChI is InChI=1S/C19H14FN3OS/c1-12-21-17(11-25-12)14-3-2-4-15(10-14)19-22-18(24-23-19)9-13-5-7-16(20)8-6-13/h2-8,10-11H,9H2,1H3. The van der Waals surface area contributed by atoms with Crippen LogP contribution in [0.25, 0.3) is 22.6 Å². The summed E-state index contributed by atoms with van der Waals surface area (Å²) in [5.74, 6) is 0.770. The van der Waals surface area contributed by atoms with Crippen LogP contribution in [0.15, 0.2) is 58.4 Å². The molecule has 4 rings (SSSR count). The van der Waals surface area contributed by atoms with Crippen molar-refractivity contribution in [3.63, 3.8) is 0 Å². The van der Waals surface area contributed by atoms with Crippen molar-refractivity contribution in [2.45, 2.75) is 13.3 Å². The Morgan fingerprint density at radius 1 is 1.04 bits per heavy atom. The molecule has 2 aromatic heterocycles. The molecule has 0 unspecified atom stereocenters. The van der Waals surface area contributed by atoms with Gasteiger partial charge in [0.15, 0.2) is 0 Å². The van der Waals surface area contributed by atoms with Gasteiger partial charge in [0.2, 0.25) is 11.7 Å². The van der Waals surface area contributed by atoms with Gasteiger partial charge in [0.1, 0.15) is 5.82 Å². The summed E-state index contributed by atoms with van der Waals surface area (Å²) in [4.78, 5) is 8.96. The zero-order chi connectivity index (χ0) is 17.2. The topological polar surface area (TPSA) is 51.8 Å². The lowest BCUT2D eigenvalue weighted by Crippen LogP contribution is -1.89. The minimum Gasteiger partial charge on any atom is -0.339 e. The molecule has 2 heterocycles. The van der Waals surface area contributed by atoms with Gasteiger partial charge in [0, 0.05) is 16.5 Å². The second-order valence-electron chi connectivity index (χ2n) is 5.65. The average molecular weight is 351 g/mol. The number of benzene rings is 2. The van der Waals surface area contributed by atoms with E-state index < -0.39 is 0 Å². The zero-order valence-electron chi connectivity index (χ0n) is 13.4. The highest BCUT2D eigenvalue weighted by molar-refractivity contribution is 7.09. The fraction of sp³-hybridized carbons (Fsp3) is 0.105. The second-order valence-corrected chi connectivity index (χ2v) is 6.71. The van der Waals surface area contributed by atoms with Crippen LogP contribution >= 0.6 is 11.3 Å². The van der Waals surface area contributed by atoms with Crippen molar-refractivity contribution in [2.75, 3.05) is 0 Å².